The summed E-state index contributed by atoms with van der Waals surface area (Å²) in [6.45, 7) is 1.47. The number of benzene rings is 2. The first-order valence-corrected chi connectivity index (χ1v) is 11.9. The molecule has 0 amide bonds. The first-order valence-electron chi connectivity index (χ1n) is 9.50. The van der Waals surface area contributed by atoms with Crippen molar-refractivity contribution in [2.75, 3.05) is 25.4 Å². The zero-order valence-electron chi connectivity index (χ0n) is 16.2. The van der Waals surface area contributed by atoms with Gasteiger partial charge in [0.1, 0.15) is 0 Å². The SMILES string of the molecule is O=c1[nH]c(-c2ccccc2S(=O)(=O)CC2CNCCOC2c2ccc(Cl)c(Cl)c2)no1. The lowest BCUT2D eigenvalue weighted by Crippen LogP contribution is -2.30. The van der Waals surface area contributed by atoms with Crippen LogP contribution in [0.25, 0.3) is 11.4 Å². The second kappa shape index (κ2) is 9.13. The average molecular weight is 484 g/mol. The lowest BCUT2D eigenvalue weighted by molar-refractivity contribution is 0.0369. The summed E-state index contributed by atoms with van der Waals surface area (Å²) in [5.74, 6) is -1.29. The van der Waals surface area contributed by atoms with Gasteiger partial charge in [-0.2, -0.15) is 0 Å². The molecule has 1 saturated heterocycles. The van der Waals surface area contributed by atoms with Gasteiger partial charge < -0.3 is 10.1 Å². The van der Waals surface area contributed by atoms with Crippen LogP contribution in [-0.2, 0) is 14.6 Å². The third-order valence-corrected chi connectivity index (χ3v) is 7.67. The van der Waals surface area contributed by atoms with Crippen LogP contribution in [0.5, 0.6) is 0 Å². The van der Waals surface area contributed by atoms with Gasteiger partial charge in [0.2, 0.25) is 0 Å². The zero-order chi connectivity index (χ0) is 22.0. The van der Waals surface area contributed by atoms with Gasteiger partial charge >= 0.3 is 5.76 Å². The molecule has 8 nitrogen and oxygen atoms in total. The Morgan fingerprint density at radius 2 is 1.94 bits per heavy atom. The van der Waals surface area contributed by atoms with E-state index >= 15 is 0 Å². The van der Waals surface area contributed by atoms with Crippen molar-refractivity contribution in [3.63, 3.8) is 0 Å². The van der Waals surface area contributed by atoms with Gasteiger partial charge in [-0.05, 0) is 29.8 Å². The van der Waals surface area contributed by atoms with E-state index in [4.69, 9.17) is 27.9 Å². The molecular weight excluding hydrogens is 465 g/mol. The Hall–Kier alpha value is -2.17. The molecule has 3 aromatic rings. The molecule has 2 N–H and O–H groups in total. The average Bonchev–Trinajstić information content (AvgIpc) is 3.05. The molecule has 1 fully saturated rings. The number of H-pyrrole nitrogens is 1. The molecule has 1 aromatic heterocycles. The Morgan fingerprint density at radius 1 is 1.13 bits per heavy atom. The van der Waals surface area contributed by atoms with Gasteiger partial charge in [-0.25, -0.2) is 13.2 Å². The predicted molar refractivity (Wildman–Crippen MR) is 116 cm³/mol. The molecule has 2 unspecified atom stereocenters. The maximum atomic E-state index is 13.4. The molecule has 164 valence electrons. The fraction of sp³-hybridized carbons (Fsp3) is 0.300. The van der Waals surface area contributed by atoms with Crippen LogP contribution in [0.4, 0.5) is 0 Å². The van der Waals surface area contributed by atoms with Crippen LogP contribution in [0.2, 0.25) is 10.0 Å². The van der Waals surface area contributed by atoms with Crippen molar-refractivity contribution >= 4 is 33.0 Å². The molecular formula is C20H19Cl2N3O5S. The van der Waals surface area contributed by atoms with E-state index in [2.05, 4.69) is 20.0 Å². The zero-order valence-corrected chi connectivity index (χ0v) is 18.5. The van der Waals surface area contributed by atoms with Crippen molar-refractivity contribution in [2.45, 2.75) is 11.0 Å². The van der Waals surface area contributed by atoms with E-state index in [0.717, 1.165) is 5.56 Å². The molecule has 0 radical (unpaired) electrons. The summed E-state index contributed by atoms with van der Waals surface area (Å²) in [6.07, 6.45) is -0.487. The summed E-state index contributed by atoms with van der Waals surface area (Å²) in [6, 6.07) is 11.5. The third-order valence-electron chi connectivity index (χ3n) is 5.03. The Kier molecular flexibility index (Phi) is 6.49. The molecule has 4 rings (SSSR count). The lowest BCUT2D eigenvalue weighted by Gasteiger charge is -2.25. The molecule has 0 aliphatic carbocycles. The van der Waals surface area contributed by atoms with E-state index in [1.807, 2.05) is 0 Å². The Balaban J connectivity index is 1.69. The summed E-state index contributed by atoms with van der Waals surface area (Å²) in [5, 5.41) is 7.64. The van der Waals surface area contributed by atoms with Crippen LogP contribution in [0.1, 0.15) is 11.7 Å². The second-order valence-corrected chi connectivity index (χ2v) is 9.97. The number of ether oxygens (including phenoxy) is 1. The number of hydrogen-bond donors (Lipinski definition) is 2. The topological polar surface area (TPSA) is 114 Å². The van der Waals surface area contributed by atoms with Crippen molar-refractivity contribution in [3.05, 3.63) is 68.6 Å². The highest BCUT2D eigenvalue weighted by Crippen LogP contribution is 2.34. The highest BCUT2D eigenvalue weighted by atomic mass is 35.5. The van der Waals surface area contributed by atoms with Crippen molar-refractivity contribution in [1.29, 1.82) is 0 Å². The van der Waals surface area contributed by atoms with Crippen molar-refractivity contribution in [2.24, 2.45) is 5.92 Å². The van der Waals surface area contributed by atoms with Crippen LogP contribution in [0, 0.1) is 5.92 Å². The maximum absolute atomic E-state index is 13.4. The summed E-state index contributed by atoms with van der Waals surface area (Å²) < 4.78 is 37.4. The number of sulfone groups is 1. The van der Waals surface area contributed by atoms with Crippen LogP contribution < -0.4 is 11.1 Å². The standard InChI is InChI=1S/C20H19Cl2N3O5S/c21-15-6-5-12(9-16(15)22)18-13(10-23-7-8-29-18)11-31(27,28)17-4-2-1-3-14(17)19-24-20(26)30-25-19/h1-6,9,13,18,23H,7-8,10-11H2,(H,24,25,26). The minimum atomic E-state index is -3.79. The largest absolute Gasteiger partial charge is 0.439 e. The molecule has 11 heteroatoms. The maximum Gasteiger partial charge on any atom is 0.439 e. The predicted octanol–water partition coefficient (Wildman–Crippen LogP) is 3.09. The Morgan fingerprint density at radius 3 is 2.68 bits per heavy atom. The molecule has 0 spiro atoms. The molecule has 2 atom stereocenters. The van der Waals surface area contributed by atoms with E-state index < -0.39 is 27.6 Å². The Bertz CT molecular complexity index is 1240. The highest BCUT2D eigenvalue weighted by molar-refractivity contribution is 7.91. The van der Waals surface area contributed by atoms with Crippen LogP contribution in [0.15, 0.2) is 56.7 Å². The molecule has 1 aliphatic heterocycles. The van der Waals surface area contributed by atoms with Crippen molar-refractivity contribution in [3.8, 4) is 11.4 Å². The van der Waals surface area contributed by atoms with Gasteiger partial charge in [0.05, 0.1) is 33.4 Å². The van der Waals surface area contributed by atoms with Gasteiger partial charge in [0.15, 0.2) is 15.7 Å². The molecule has 0 saturated carbocycles. The number of aromatic amines is 1. The van der Waals surface area contributed by atoms with Crippen molar-refractivity contribution < 1.29 is 17.7 Å². The minimum absolute atomic E-state index is 0.0525. The number of nitrogens with one attached hydrogen (secondary N) is 2. The van der Waals surface area contributed by atoms with Crippen molar-refractivity contribution in [1.82, 2.24) is 15.5 Å². The third kappa shape index (κ3) is 4.86. The summed E-state index contributed by atoms with van der Waals surface area (Å²) >= 11 is 12.2. The molecule has 2 heterocycles. The van der Waals surface area contributed by atoms with Gasteiger partial charge in [0, 0.05) is 24.6 Å². The summed E-state index contributed by atoms with van der Waals surface area (Å²) in [4.78, 5) is 13.8. The fourth-order valence-corrected chi connectivity index (χ4v) is 5.77. The van der Waals surface area contributed by atoms with Crippen LogP contribution in [-0.4, -0.2) is 44.0 Å². The van der Waals surface area contributed by atoms with E-state index in [0.29, 0.717) is 29.7 Å². The van der Waals surface area contributed by atoms with E-state index in [-0.39, 0.29) is 22.0 Å². The minimum Gasteiger partial charge on any atom is -0.372 e. The first kappa shape index (κ1) is 22.0. The highest BCUT2D eigenvalue weighted by Gasteiger charge is 2.33. The molecule has 2 aromatic carbocycles. The molecule has 31 heavy (non-hydrogen) atoms. The Labute approximate surface area is 188 Å². The summed E-state index contributed by atoms with van der Waals surface area (Å²) in [5.41, 5.74) is 1.02. The lowest BCUT2D eigenvalue weighted by atomic mass is 9.97. The normalized spacial score (nSPS) is 19.8. The van der Waals surface area contributed by atoms with E-state index in [1.54, 1.807) is 36.4 Å². The molecule has 0 bridgehead atoms. The fourth-order valence-electron chi connectivity index (χ4n) is 3.64. The monoisotopic (exact) mass is 483 g/mol. The van der Waals surface area contributed by atoms with Gasteiger partial charge in [-0.15, -0.1) is 0 Å². The smallest absolute Gasteiger partial charge is 0.372 e. The van der Waals surface area contributed by atoms with Crippen LogP contribution >= 0.6 is 23.2 Å². The second-order valence-electron chi connectivity index (χ2n) is 7.15. The van der Waals surface area contributed by atoms with Gasteiger partial charge in [-0.1, -0.05) is 46.6 Å². The van der Waals surface area contributed by atoms with E-state index in [9.17, 15) is 13.2 Å². The summed E-state index contributed by atoms with van der Waals surface area (Å²) in [7, 11) is -3.79. The first-order chi connectivity index (χ1) is 14.8. The quantitative estimate of drug-likeness (QED) is 0.572. The number of nitrogens with zero attached hydrogens (tertiary/aromatic N) is 1. The van der Waals surface area contributed by atoms with E-state index in [1.165, 1.54) is 6.07 Å². The number of aromatic nitrogens is 2. The van der Waals surface area contributed by atoms with Gasteiger partial charge in [-0.3, -0.25) is 9.51 Å². The van der Waals surface area contributed by atoms with Crippen LogP contribution in [0.3, 0.4) is 0 Å². The number of rotatable bonds is 5. The number of hydrogen-bond acceptors (Lipinski definition) is 7. The number of halogens is 2. The molecule has 1 aliphatic rings. The van der Waals surface area contributed by atoms with Gasteiger partial charge in [0.25, 0.3) is 0 Å².